The summed E-state index contributed by atoms with van der Waals surface area (Å²) >= 11 is 23.6. The molecule has 0 aromatic heterocycles. The lowest BCUT2D eigenvalue weighted by molar-refractivity contribution is 0.565. The fourth-order valence-electron chi connectivity index (χ4n) is 0.819. The Morgan fingerprint density at radius 2 is 2.00 bits per heavy atom. The van der Waals surface area contributed by atoms with Gasteiger partial charge in [-0.2, -0.15) is 4.99 Å². The number of isocyanates is 1. The van der Waals surface area contributed by atoms with Gasteiger partial charge in [-0.1, -0.05) is 58.2 Å². The predicted molar refractivity (Wildman–Crippen MR) is 65.4 cm³/mol. The lowest BCUT2D eigenvalue weighted by Crippen LogP contribution is -1.93. The van der Waals surface area contributed by atoms with Crippen molar-refractivity contribution in [3.05, 3.63) is 23.2 Å². The van der Waals surface area contributed by atoms with Gasteiger partial charge in [0.2, 0.25) is 9.20 Å². The van der Waals surface area contributed by atoms with Gasteiger partial charge in [-0.15, -0.1) is 0 Å². The third-order valence-corrected chi connectivity index (χ3v) is 3.24. The fourth-order valence-corrected chi connectivity index (χ4v) is 2.40. The summed E-state index contributed by atoms with van der Waals surface area (Å²) in [4.78, 5) is 14.0. The van der Waals surface area contributed by atoms with Crippen LogP contribution < -0.4 is 0 Å². The molecule has 0 saturated heterocycles. The summed E-state index contributed by atoms with van der Waals surface area (Å²) in [5.74, 6) is 0. The van der Waals surface area contributed by atoms with E-state index in [2.05, 4.69) is 4.99 Å². The van der Waals surface area contributed by atoms with Gasteiger partial charge in [0.15, 0.2) is 0 Å². The predicted octanol–water partition coefficient (Wildman–Crippen LogP) is 4.73. The van der Waals surface area contributed by atoms with Crippen LogP contribution in [0.5, 0.6) is 0 Å². The van der Waals surface area contributed by atoms with E-state index in [4.69, 9.17) is 46.4 Å². The van der Waals surface area contributed by atoms with Crippen LogP contribution in [0, 0.1) is 0 Å². The Labute approximate surface area is 111 Å². The Morgan fingerprint density at radius 3 is 2.47 bits per heavy atom. The smallest absolute Gasteiger partial charge is 0.211 e. The molecule has 0 aliphatic rings. The molecule has 1 aromatic carbocycles. The number of rotatable bonds is 2. The van der Waals surface area contributed by atoms with Crippen LogP contribution in [0.25, 0.3) is 0 Å². The first kappa shape index (κ1) is 13.2. The molecule has 0 spiro atoms. The number of nitrogens with zero attached hydrogens (tertiary/aromatic N) is 1. The first-order valence-corrected chi connectivity index (χ1v) is 5.88. The largest absolute Gasteiger partial charge is 0.241 e. The van der Waals surface area contributed by atoms with Crippen molar-refractivity contribution < 1.29 is 4.79 Å². The minimum Gasteiger partial charge on any atom is -0.211 e. The molecule has 0 atom stereocenters. The highest BCUT2D eigenvalue weighted by molar-refractivity contribution is 8.04. The van der Waals surface area contributed by atoms with Gasteiger partial charge >= 0.3 is 0 Å². The second-order valence-electron chi connectivity index (χ2n) is 2.37. The van der Waals surface area contributed by atoms with Gasteiger partial charge in [0.05, 0.1) is 10.7 Å². The van der Waals surface area contributed by atoms with E-state index in [0.717, 1.165) is 11.8 Å². The zero-order chi connectivity index (χ0) is 11.5. The Hall–Kier alpha value is 0.110. The highest BCUT2D eigenvalue weighted by atomic mass is 35.6. The van der Waals surface area contributed by atoms with Gasteiger partial charge in [-0.3, -0.25) is 0 Å². The van der Waals surface area contributed by atoms with Gasteiger partial charge in [0.1, 0.15) is 0 Å². The SMILES string of the molecule is O=C=Nc1ccc(SC(Cl)(Cl)Cl)c(Cl)c1. The van der Waals surface area contributed by atoms with E-state index in [9.17, 15) is 4.79 Å². The number of carbonyl (C=O) groups excluding carboxylic acids is 1. The highest BCUT2D eigenvalue weighted by Crippen LogP contribution is 2.46. The first-order valence-electron chi connectivity index (χ1n) is 3.55. The van der Waals surface area contributed by atoms with Crippen molar-refractivity contribution in [2.45, 2.75) is 8.02 Å². The molecular formula is C8H3Cl4NOS. The summed E-state index contributed by atoms with van der Waals surface area (Å²) in [7, 11) is 0. The van der Waals surface area contributed by atoms with Crippen molar-refractivity contribution in [1.82, 2.24) is 0 Å². The van der Waals surface area contributed by atoms with Gasteiger partial charge < -0.3 is 0 Å². The van der Waals surface area contributed by atoms with Crippen LogP contribution in [-0.2, 0) is 4.79 Å². The van der Waals surface area contributed by atoms with Crippen LogP contribution >= 0.6 is 58.2 Å². The lowest BCUT2D eigenvalue weighted by atomic mass is 10.3. The summed E-state index contributed by atoms with van der Waals surface area (Å²) < 4.78 is -1.47. The molecule has 0 aliphatic carbocycles. The second kappa shape index (κ2) is 5.44. The average Bonchev–Trinajstić information content (AvgIpc) is 2.08. The van der Waals surface area contributed by atoms with Crippen LogP contribution in [0.15, 0.2) is 28.1 Å². The average molecular weight is 303 g/mol. The molecule has 2 nitrogen and oxygen atoms in total. The summed E-state index contributed by atoms with van der Waals surface area (Å²) in [6.07, 6.45) is 1.41. The summed E-state index contributed by atoms with van der Waals surface area (Å²) in [5.41, 5.74) is 0.406. The topological polar surface area (TPSA) is 29.4 Å². The van der Waals surface area contributed by atoms with Gasteiger partial charge in [0, 0.05) is 4.90 Å². The van der Waals surface area contributed by atoms with E-state index in [1.54, 1.807) is 12.1 Å². The standard InChI is InChI=1S/C8H3Cl4NOS/c9-6-3-5(13-4-14)1-2-7(6)15-8(10,11)12/h1-3H. The molecular weight excluding hydrogens is 300 g/mol. The lowest BCUT2D eigenvalue weighted by Gasteiger charge is -2.11. The maximum Gasteiger partial charge on any atom is 0.241 e. The van der Waals surface area contributed by atoms with Crippen molar-refractivity contribution in [3.63, 3.8) is 0 Å². The van der Waals surface area contributed by atoms with Crippen molar-refractivity contribution in [3.8, 4) is 0 Å². The molecule has 0 heterocycles. The third kappa shape index (κ3) is 4.64. The second-order valence-corrected chi connectivity index (χ2v) is 6.98. The Balaban J connectivity index is 2.98. The van der Waals surface area contributed by atoms with Crippen LogP contribution in [-0.4, -0.2) is 9.20 Å². The number of aliphatic imine (C=N–C) groups is 1. The van der Waals surface area contributed by atoms with Crippen molar-refractivity contribution >= 4 is 69.9 Å². The van der Waals surface area contributed by atoms with E-state index in [-0.39, 0.29) is 0 Å². The molecule has 0 N–H and O–H groups in total. The van der Waals surface area contributed by atoms with Gasteiger partial charge in [-0.05, 0) is 18.2 Å². The number of halogens is 4. The van der Waals surface area contributed by atoms with E-state index in [1.165, 1.54) is 12.1 Å². The fraction of sp³-hybridized carbons (Fsp3) is 0.125. The highest BCUT2D eigenvalue weighted by Gasteiger charge is 2.22. The van der Waals surface area contributed by atoms with Crippen molar-refractivity contribution in [1.29, 1.82) is 0 Å². The first-order chi connectivity index (χ1) is 6.92. The number of benzene rings is 1. The van der Waals surface area contributed by atoms with E-state index in [0.29, 0.717) is 15.6 Å². The molecule has 1 rings (SSSR count). The molecule has 15 heavy (non-hydrogen) atoms. The van der Waals surface area contributed by atoms with Crippen LogP contribution in [0.2, 0.25) is 5.02 Å². The summed E-state index contributed by atoms with van der Waals surface area (Å²) in [5, 5.41) is 0.364. The number of hydrogen-bond donors (Lipinski definition) is 0. The minimum atomic E-state index is -1.47. The zero-order valence-corrected chi connectivity index (χ0v) is 10.8. The Bertz CT molecular complexity index is 412. The van der Waals surface area contributed by atoms with Crippen molar-refractivity contribution in [2.75, 3.05) is 0 Å². The third-order valence-electron chi connectivity index (χ3n) is 1.32. The molecule has 0 amide bonds. The molecule has 0 bridgehead atoms. The normalized spacial score (nSPS) is 10.9. The van der Waals surface area contributed by atoms with E-state index in [1.807, 2.05) is 0 Å². The maximum absolute atomic E-state index is 10.00. The molecule has 0 radical (unpaired) electrons. The Morgan fingerprint density at radius 1 is 1.33 bits per heavy atom. The van der Waals surface area contributed by atoms with Crippen LogP contribution in [0.3, 0.4) is 0 Å². The number of alkyl halides is 3. The molecule has 0 aliphatic heterocycles. The summed E-state index contributed by atoms with van der Waals surface area (Å²) in [6, 6.07) is 4.69. The van der Waals surface area contributed by atoms with Gasteiger partial charge in [-0.25, -0.2) is 4.79 Å². The van der Waals surface area contributed by atoms with Gasteiger partial charge in [0.25, 0.3) is 0 Å². The summed E-state index contributed by atoms with van der Waals surface area (Å²) in [6.45, 7) is 0. The molecule has 0 unspecified atom stereocenters. The number of thioether (sulfide) groups is 1. The molecule has 7 heteroatoms. The zero-order valence-electron chi connectivity index (χ0n) is 7.01. The van der Waals surface area contributed by atoms with Crippen molar-refractivity contribution in [2.24, 2.45) is 4.99 Å². The quantitative estimate of drug-likeness (QED) is 0.342. The van der Waals surface area contributed by atoms with Crippen LogP contribution in [0.1, 0.15) is 0 Å². The van der Waals surface area contributed by atoms with E-state index < -0.39 is 3.12 Å². The molecule has 0 fully saturated rings. The Kier molecular flexibility index (Phi) is 4.78. The van der Waals surface area contributed by atoms with Crippen LogP contribution in [0.4, 0.5) is 5.69 Å². The van der Waals surface area contributed by atoms with E-state index >= 15 is 0 Å². The monoisotopic (exact) mass is 301 g/mol. The number of hydrogen-bond acceptors (Lipinski definition) is 3. The molecule has 1 aromatic rings. The molecule has 0 saturated carbocycles. The minimum absolute atomic E-state index is 0.364. The maximum atomic E-state index is 10.00. The molecule has 80 valence electrons.